The molecule has 0 radical (unpaired) electrons. The molecular weight excluding hydrogens is 370 g/mol. The maximum atomic E-state index is 11.8. The van der Waals surface area contributed by atoms with Crippen LogP contribution in [0.5, 0.6) is 0 Å². The summed E-state index contributed by atoms with van der Waals surface area (Å²) in [5.41, 5.74) is -1.28. The van der Waals surface area contributed by atoms with Crippen LogP contribution in [0.15, 0.2) is 0 Å². The van der Waals surface area contributed by atoms with Crippen LogP contribution in [0.2, 0.25) is 0 Å². The van der Waals surface area contributed by atoms with Gasteiger partial charge in [-0.3, -0.25) is 10.1 Å². The highest BCUT2D eigenvalue weighted by atomic mass is 32.1. The predicted octanol–water partition coefficient (Wildman–Crippen LogP) is 0.962. The fourth-order valence-corrected chi connectivity index (χ4v) is 2.12. The summed E-state index contributed by atoms with van der Waals surface area (Å²) in [7, 11) is 0. The summed E-state index contributed by atoms with van der Waals surface area (Å²) in [4.78, 5) is 37.8. The molecule has 0 saturated heterocycles. The van der Waals surface area contributed by atoms with E-state index in [1.807, 2.05) is 0 Å². The maximum Gasteiger partial charge on any atom is 0.410 e. The number of alkyl carbamates (subject to hydrolysis) is 1. The first-order valence-corrected chi connectivity index (χ1v) is 8.30. The zero-order valence-electron chi connectivity index (χ0n) is 14.5. The van der Waals surface area contributed by atoms with E-state index in [4.69, 9.17) is 21.2 Å². The first-order chi connectivity index (χ1) is 11.4. The average Bonchev–Trinajstić information content (AvgIpc) is 2.47. The second kappa shape index (κ2) is 9.74. The van der Waals surface area contributed by atoms with E-state index in [9.17, 15) is 14.4 Å². The normalized spacial score (nSPS) is 15.9. The molecule has 1 unspecified atom stereocenters. The van der Waals surface area contributed by atoms with Crippen molar-refractivity contribution in [2.75, 3.05) is 12.4 Å². The molecule has 0 aliphatic rings. The lowest BCUT2D eigenvalue weighted by molar-refractivity contribution is -0.140. The van der Waals surface area contributed by atoms with Crippen LogP contribution >= 0.6 is 25.3 Å². The molecule has 0 aromatic rings. The number of nitrogens with zero attached hydrogens (tertiary/aromatic N) is 1. The molecule has 0 saturated carbocycles. The first-order valence-electron chi connectivity index (χ1n) is 7.22. The molecule has 25 heavy (non-hydrogen) atoms. The molecule has 0 aliphatic carbocycles. The Labute approximate surface area is 157 Å². The third-order valence-electron chi connectivity index (χ3n) is 2.96. The van der Waals surface area contributed by atoms with Gasteiger partial charge in [0.25, 0.3) is 6.57 Å². The number of amides is 2. The monoisotopic (exact) mass is 394 g/mol. The standard InChI is InChI=1S/C14H23N3O6S2/c1-8(18)17-14(7-24,15-5)6-22-9(2)23-12(21)16-10(11(19)20)13(3,4)25/h5,9-10H,6-7H2,1-4H3,(H4-,16,17,18,19,20,21,24,25)/p+1/t9?,10-,14+/m0/s1. The van der Waals surface area contributed by atoms with Gasteiger partial charge in [0.15, 0.2) is 6.61 Å². The van der Waals surface area contributed by atoms with Crippen molar-refractivity contribution < 1.29 is 29.0 Å². The smallest absolute Gasteiger partial charge is 0.410 e. The predicted molar refractivity (Wildman–Crippen MR) is 98.2 cm³/mol. The van der Waals surface area contributed by atoms with Crippen LogP contribution in [0.25, 0.3) is 4.85 Å². The minimum atomic E-state index is -1.28. The van der Waals surface area contributed by atoms with Crippen molar-refractivity contribution in [1.82, 2.24) is 10.6 Å². The molecule has 0 fully saturated rings. The molecule has 0 aromatic carbocycles. The highest BCUT2D eigenvalue weighted by Gasteiger charge is 2.41. The summed E-state index contributed by atoms with van der Waals surface area (Å²) in [6.07, 6.45) is -2.06. The largest absolute Gasteiger partial charge is 0.480 e. The molecule has 0 aromatic heterocycles. The number of thiol groups is 2. The van der Waals surface area contributed by atoms with E-state index < -0.39 is 40.7 Å². The van der Waals surface area contributed by atoms with E-state index in [-0.39, 0.29) is 12.4 Å². The Balaban J connectivity index is 4.71. The molecule has 0 heterocycles. The lowest BCUT2D eigenvalue weighted by Gasteiger charge is -2.27. The molecular formula is C14H24N3O6S2+. The number of ether oxygens (including phenoxy) is 2. The van der Waals surface area contributed by atoms with Crippen LogP contribution in [0.3, 0.4) is 0 Å². The van der Waals surface area contributed by atoms with Crippen LogP contribution in [0.1, 0.15) is 27.7 Å². The number of carboxylic acid groups (broad SMARTS) is 1. The van der Waals surface area contributed by atoms with E-state index in [1.165, 1.54) is 27.7 Å². The third kappa shape index (κ3) is 8.33. The van der Waals surface area contributed by atoms with Gasteiger partial charge < -0.3 is 19.9 Å². The van der Waals surface area contributed by atoms with Crippen LogP contribution in [0.4, 0.5) is 4.79 Å². The van der Waals surface area contributed by atoms with E-state index in [0.717, 1.165) is 0 Å². The molecule has 11 heteroatoms. The van der Waals surface area contributed by atoms with Crippen molar-refractivity contribution in [1.29, 1.82) is 0 Å². The van der Waals surface area contributed by atoms with Crippen LogP contribution in [-0.4, -0.2) is 58.2 Å². The Morgan fingerprint density at radius 3 is 2.28 bits per heavy atom. The molecule has 0 spiro atoms. The quantitative estimate of drug-likeness (QED) is 0.294. The zero-order chi connectivity index (χ0) is 19.8. The van der Waals surface area contributed by atoms with Crippen molar-refractivity contribution in [3.8, 4) is 6.57 Å². The van der Waals surface area contributed by atoms with Crippen molar-refractivity contribution in [3.63, 3.8) is 0 Å². The van der Waals surface area contributed by atoms with Crippen molar-refractivity contribution >= 4 is 43.2 Å². The van der Waals surface area contributed by atoms with Crippen LogP contribution in [-0.2, 0) is 19.1 Å². The summed E-state index contributed by atoms with van der Waals surface area (Å²) in [6.45, 7) is 10.8. The minimum absolute atomic E-state index is 0.0525. The SMILES string of the molecule is C#[N+][C@](CS)(COC(C)OC(=O)N[C@@H](C(=O)O)C(C)(C)S)NC(C)=O. The van der Waals surface area contributed by atoms with Gasteiger partial charge in [-0.2, -0.15) is 25.3 Å². The van der Waals surface area contributed by atoms with Crippen LogP contribution < -0.4 is 10.6 Å². The molecule has 0 aliphatic heterocycles. The van der Waals surface area contributed by atoms with E-state index in [2.05, 4.69) is 40.7 Å². The molecule has 3 atom stereocenters. The number of carbonyl (C=O) groups is 3. The minimum Gasteiger partial charge on any atom is -0.480 e. The Morgan fingerprint density at radius 1 is 1.36 bits per heavy atom. The molecule has 0 bridgehead atoms. The molecule has 3 N–H and O–H groups in total. The van der Waals surface area contributed by atoms with Crippen molar-refractivity contribution in [3.05, 3.63) is 4.85 Å². The topological polar surface area (TPSA) is 118 Å². The van der Waals surface area contributed by atoms with Gasteiger partial charge in [0.1, 0.15) is 6.04 Å². The summed E-state index contributed by atoms with van der Waals surface area (Å²) < 4.78 is 9.21. The average molecular weight is 394 g/mol. The lowest BCUT2D eigenvalue weighted by atomic mass is 10.0. The summed E-state index contributed by atoms with van der Waals surface area (Å²) >= 11 is 8.20. The molecule has 142 valence electrons. The van der Waals surface area contributed by atoms with Gasteiger partial charge >= 0.3 is 17.7 Å². The van der Waals surface area contributed by atoms with E-state index >= 15 is 0 Å². The lowest BCUT2D eigenvalue weighted by Crippen LogP contribution is -2.53. The number of aliphatic carboxylic acids is 1. The summed E-state index contributed by atoms with van der Waals surface area (Å²) in [5.74, 6) is -1.60. The Hall–Kier alpha value is -1.64. The van der Waals surface area contributed by atoms with Crippen molar-refractivity contribution in [2.45, 2.75) is 50.4 Å². The van der Waals surface area contributed by atoms with Gasteiger partial charge in [-0.25, -0.2) is 9.59 Å². The van der Waals surface area contributed by atoms with E-state index in [0.29, 0.717) is 0 Å². The third-order valence-corrected chi connectivity index (χ3v) is 3.74. The second-order valence-electron chi connectivity index (χ2n) is 5.85. The Kier molecular flexibility index (Phi) is 9.10. The number of nitrogens with one attached hydrogen (secondary N) is 2. The number of hydrogen-bond donors (Lipinski definition) is 5. The number of hydrogen-bond acceptors (Lipinski definition) is 7. The van der Waals surface area contributed by atoms with Gasteiger partial charge in [0, 0.05) is 11.7 Å². The Morgan fingerprint density at radius 2 is 1.92 bits per heavy atom. The second-order valence-corrected chi connectivity index (χ2v) is 7.32. The van der Waals surface area contributed by atoms with Gasteiger partial charge in [-0.05, 0) is 20.8 Å². The van der Waals surface area contributed by atoms with Gasteiger partial charge in [0.2, 0.25) is 12.2 Å². The van der Waals surface area contributed by atoms with Gasteiger partial charge in [-0.15, -0.1) is 0 Å². The Bertz CT molecular complexity index is 546. The number of rotatable bonds is 9. The molecule has 2 amide bonds. The zero-order valence-corrected chi connectivity index (χ0v) is 16.3. The first kappa shape index (κ1) is 23.4. The number of carboxylic acids is 1. The fourth-order valence-electron chi connectivity index (χ4n) is 1.69. The van der Waals surface area contributed by atoms with Crippen molar-refractivity contribution in [2.24, 2.45) is 0 Å². The summed E-state index contributed by atoms with van der Waals surface area (Å²) in [5, 5.41) is 13.8. The molecule has 0 rings (SSSR count). The van der Waals surface area contributed by atoms with Crippen LogP contribution in [0, 0.1) is 6.57 Å². The maximum absolute atomic E-state index is 11.8. The highest BCUT2D eigenvalue weighted by Crippen LogP contribution is 2.18. The number of carbonyl (C=O) groups excluding carboxylic acids is 2. The van der Waals surface area contributed by atoms with Gasteiger partial charge in [0.05, 0.1) is 5.75 Å². The van der Waals surface area contributed by atoms with E-state index in [1.54, 1.807) is 0 Å². The highest BCUT2D eigenvalue weighted by molar-refractivity contribution is 7.81. The summed E-state index contributed by atoms with van der Waals surface area (Å²) in [6, 6.07) is -1.27. The van der Waals surface area contributed by atoms with Gasteiger partial charge in [-0.1, -0.05) is 4.85 Å². The fraction of sp³-hybridized carbons (Fsp3) is 0.714. The molecule has 9 nitrogen and oxygen atoms in total.